The van der Waals surface area contributed by atoms with Crippen molar-refractivity contribution >= 4 is 23.0 Å². The van der Waals surface area contributed by atoms with Crippen LogP contribution in [0.25, 0.3) is 11.0 Å². The smallest absolute Gasteiger partial charge is 0.317 e. The van der Waals surface area contributed by atoms with E-state index in [1.807, 2.05) is 35.0 Å². The number of fused-ring (bicyclic) bond motifs is 1. The first-order chi connectivity index (χ1) is 16.1. The molecule has 1 aromatic carbocycles. The highest BCUT2D eigenvalue weighted by Crippen LogP contribution is 2.21. The first kappa shape index (κ1) is 22.2. The summed E-state index contributed by atoms with van der Waals surface area (Å²) in [7, 11) is 2.03. The summed E-state index contributed by atoms with van der Waals surface area (Å²) in [6.07, 6.45) is 4.45. The molecule has 3 saturated heterocycles. The number of nitrogens with one attached hydrogen (secondary N) is 1. The van der Waals surface area contributed by atoms with Crippen molar-refractivity contribution in [3.8, 4) is 0 Å². The van der Waals surface area contributed by atoms with E-state index in [0.717, 1.165) is 87.4 Å². The van der Waals surface area contributed by atoms with Crippen molar-refractivity contribution in [1.82, 2.24) is 29.6 Å². The lowest BCUT2D eigenvalue weighted by atomic mass is 10.2. The number of carbonyl (C=O) groups is 2. The molecule has 2 aromatic rings. The van der Waals surface area contributed by atoms with Crippen molar-refractivity contribution in [3.63, 3.8) is 0 Å². The van der Waals surface area contributed by atoms with Crippen molar-refractivity contribution in [1.29, 1.82) is 0 Å². The van der Waals surface area contributed by atoms with Crippen LogP contribution in [0.15, 0.2) is 18.2 Å². The number of aromatic nitrogens is 2. The SMILES string of the molecule is Cn1c(CN2CCN(C(=O)NCC3CCCO3)CC2)nc2cc(C(=O)N3CCCC3)ccc21. The lowest BCUT2D eigenvalue weighted by molar-refractivity contribution is 0.0793. The Morgan fingerprint density at radius 3 is 2.58 bits per heavy atom. The molecular weight excluding hydrogens is 420 g/mol. The second-order valence-electron chi connectivity index (χ2n) is 9.37. The van der Waals surface area contributed by atoms with Gasteiger partial charge in [0.1, 0.15) is 5.82 Å². The van der Waals surface area contributed by atoms with Crippen LogP contribution in [0.1, 0.15) is 41.9 Å². The summed E-state index contributed by atoms with van der Waals surface area (Å²) in [5, 5.41) is 3.02. The predicted molar refractivity (Wildman–Crippen MR) is 125 cm³/mol. The molecule has 0 spiro atoms. The monoisotopic (exact) mass is 454 g/mol. The molecule has 9 heteroatoms. The molecule has 1 atom stereocenters. The molecular formula is C24H34N6O3. The van der Waals surface area contributed by atoms with Gasteiger partial charge in [-0.15, -0.1) is 0 Å². The van der Waals surface area contributed by atoms with Gasteiger partial charge in [0.2, 0.25) is 0 Å². The van der Waals surface area contributed by atoms with E-state index in [9.17, 15) is 9.59 Å². The van der Waals surface area contributed by atoms with Crippen LogP contribution >= 0.6 is 0 Å². The number of imidazole rings is 1. The van der Waals surface area contributed by atoms with Gasteiger partial charge in [-0.25, -0.2) is 9.78 Å². The zero-order valence-electron chi connectivity index (χ0n) is 19.5. The molecule has 9 nitrogen and oxygen atoms in total. The maximum absolute atomic E-state index is 12.7. The number of urea groups is 1. The summed E-state index contributed by atoms with van der Waals surface area (Å²) in [6.45, 7) is 6.87. The number of carbonyl (C=O) groups excluding carboxylic acids is 2. The average molecular weight is 455 g/mol. The van der Waals surface area contributed by atoms with Crippen LogP contribution in [-0.4, -0.2) is 94.7 Å². The van der Waals surface area contributed by atoms with Gasteiger partial charge in [0.15, 0.2) is 0 Å². The lowest BCUT2D eigenvalue weighted by Gasteiger charge is -2.34. The molecule has 3 fully saturated rings. The summed E-state index contributed by atoms with van der Waals surface area (Å²) in [5.74, 6) is 1.09. The van der Waals surface area contributed by atoms with E-state index in [-0.39, 0.29) is 18.0 Å². The third kappa shape index (κ3) is 4.84. The molecule has 1 unspecified atom stereocenters. The number of aryl methyl sites for hydroxylation is 1. The fraction of sp³-hybridized carbons (Fsp3) is 0.625. The molecule has 3 aliphatic heterocycles. The van der Waals surface area contributed by atoms with Crippen molar-refractivity contribution in [2.75, 3.05) is 52.4 Å². The zero-order valence-corrected chi connectivity index (χ0v) is 19.5. The van der Waals surface area contributed by atoms with Crippen molar-refractivity contribution < 1.29 is 14.3 Å². The van der Waals surface area contributed by atoms with E-state index in [1.54, 1.807) is 0 Å². The molecule has 0 bridgehead atoms. The fourth-order valence-corrected chi connectivity index (χ4v) is 5.05. The summed E-state index contributed by atoms with van der Waals surface area (Å²) in [5.41, 5.74) is 2.62. The molecule has 4 heterocycles. The van der Waals surface area contributed by atoms with Crippen LogP contribution in [0.4, 0.5) is 4.79 Å². The van der Waals surface area contributed by atoms with Crippen molar-refractivity contribution in [2.45, 2.75) is 38.3 Å². The van der Waals surface area contributed by atoms with Crippen LogP contribution < -0.4 is 5.32 Å². The fourth-order valence-electron chi connectivity index (χ4n) is 5.05. The molecule has 1 N–H and O–H groups in total. The highest BCUT2D eigenvalue weighted by molar-refractivity contribution is 5.97. The second kappa shape index (κ2) is 9.69. The van der Waals surface area contributed by atoms with Crippen molar-refractivity contribution in [2.24, 2.45) is 7.05 Å². The molecule has 0 saturated carbocycles. The van der Waals surface area contributed by atoms with Crippen LogP contribution in [0.2, 0.25) is 0 Å². The quantitative estimate of drug-likeness (QED) is 0.745. The maximum atomic E-state index is 12.7. The number of hydrogen-bond acceptors (Lipinski definition) is 5. The lowest BCUT2D eigenvalue weighted by Crippen LogP contribution is -2.52. The van der Waals surface area contributed by atoms with Gasteiger partial charge >= 0.3 is 6.03 Å². The van der Waals surface area contributed by atoms with Crippen LogP contribution in [0, 0.1) is 0 Å². The normalized spacial score (nSPS) is 21.8. The van der Waals surface area contributed by atoms with E-state index in [4.69, 9.17) is 9.72 Å². The molecule has 3 aliphatic rings. The Balaban J connectivity index is 1.17. The molecule has 178 valence electrons. The molecule has 0 aliphatic carbocycles. The van der Waals surface area contributed by atoms with E-state index < -0.39 is 0 Å². The van der Waals surface area contributed by atoms with Crippen LogP contribution in [-0.2, 0) is 18.3 Å². The number of amides is 3. The minimum absolute atomic E-state index is 0.00285. The highest BCUT2D eigenvalue weighted by Gasteiger charge is 2.24. The zero-order chi connectivity index (χ0) is 22.8. The first-order valence-corrected chi connectivity index (χ1v) is 12.2. The Morgan fingerprint density at radius 1 is 1.06 bits per heavy atom. The van der Waals surface area contributed by atoms with Gasteiger partial charge in [0.05, 0.1) is 23.7 Å². The van der Waals surface area contributed by atoms with Gasteiger partial charge in [0.25, 0.3) is 5.91 Å². The predicted octanol–water partition coefficient (Wildman–Crippen LogP) is 1.82. The molecule has 33 heavy (non-hydrogen) atoms. The minimum atomic E-state index is 0.00285. The van der Waals surface area contributed by atoms with Gasteiger partial charge in [0, 0.05) is 65.0 Å². The number of rotatable bonds is 5. The second-order valence-corrected chi connectivity index (χ2v) is 9.37. The standard InChI is InChI=1S/C24H34N6O3/c1-27-21-7-6-18(23(31)29-8-2-3-9-29)15-20(21)26-22(27)17-28-10-12-30(13-11-28)24(32)25-16-19-5-4-14-33-19/h6-7,15,19H,2-5,8-14,16-17H2,1H3,(H,25,32). The van der Waals surface area contributed by atoms with E-state index >= 15 is 0 Å². The largest absolute Gasteiger partial charge is 0.376 e. The summed E-state index contributed by atoms with van der Waals surface area (Å²) in [4.78, 5) is 36.2. The topological polar surface area (TPSA) is 82.9 Å². The highest BCUT2D eigenvalue weighted by atomic mass is 16.5. The number of benzene rings is 1. The Labute approximate surface area is 194 Å². The minimum Gasteiger partial charge on any atom is -0.376 e. The van der Waals surface area contributed by atoms with Crippen LogP contribution in [0.3, 0.4) is 0 Å². The van der Waals surface area contributed by atoms with E-state index in [2.05, 4.69) is 14.8 Å². The van der Waals surface area contributed by atoms with Gasteiger partial charge in [-0.05, 0) is 43.9 Å². The van der Waals surface area contributed by atoms with Gasteiger partial charge in [-0.1, -0.05) is 0 Å². The Morgan fingerprint density at radius 2 is 1.85 bits per heavy atom. The number of hydrogen-bond donors (Lipinski definition) is 1. The third-order valence-electron chi connectivity index (χ3n) is 7.14. The van der Waals surface area contributed by atoms with Gasteiger partial charge < -0.3 is 24.4 Å². The number of nitrogens with zero attached hydrogens (tertiary/aromatic N) is 5. The molecule has 1 aromatic heterocycles. The maximum Gasteiger partial charge on any atom is 0.317 e. The summed E-state index contributed by atoms with van der Waals surface area (Å²) < 4.78 is 7.70. The molecule has 0 radical (unpaired) electrons. The summed E-state index contributed by atoms with van der Waals surface area (Å²) in [6, 6.07) is 5.85. The van der Waals surface area contributed by atoms with Gasteiger partial charge in [-0.2, -0.15) is 0 Å². The van der Waals surface area contributed by atoms with Crippen LogP contribution in [0.5, 0.6) is 0 Å². The Kier molecular flexibility index (Phi) is 6.50. The molecule has 5 rings (SSSR count). The Hall–Kier alpha value is -2.65. The third-order valence-corrected chi connectivity index (χ3v) is 7.14. The number of likely N-dealkylation sites (tertiary alicyclic amines) is 1. The molecule has 3 amide bonds. The average Bonchev–Trinajstić information content (AvgIpc) is 3.60. The van der Waals surface area contributed by atoms with Crippen molar-refractivity contribution in [3.05, 3.63) is 29.6 Å². The van der Waals surface area contributed by atoms with E-state index in [1.165, 1.54) is 0 Å². The first-order valence-electron chi connectivity index (χ1n) is 12.2. The van der Waals surface area contributed by atoms with E-state index in [0.29, 0.717) is 19.6 Å². The number of piperazine rings is 1. The summed E-state index contributed by atoms with van der Waals surface area (Å²) >= 11 is 0. The van der Waals surface area contributed by atoms with Gasteiger partial charge in [-0.3, -0.25) is 9.69 Å². The number of ether oxygens (including phenoxy) is 1. The Bertz CT molecular complexity index is 1000.